The zero-order valence-electron chi connectivity index (χ0n) is 12.4. The lowest BCUT2D eigenvalue weighted by Crippen LogP contribution is -2.22. The molecule has 118 valence electrons. The van der Waals surface area contributed by atoms with Crippen LogP contribution in [0.3, 0.4) is 0 Å². The number of nitrogens with one attached hydrogen (secondary N) is 1. The van der Waals surface area contributed by atoms with Crippen LogP contribution < -0.4 is 15.8 Å². The topological polar surface area (TPSA) is 90.4 Å². The first-order chi connectivity index (χ1) is 11.2. The van der Waals surface area contributed by atoms with Gasteiger partial charge in [0.05, 0.1) is 25.6 Å². The van der Waals surface area contributed by atoms with Crippen LogP contribution in [0.25, 0.3) is 11.3 Å². The molecule has 3 rings (SSSR count). The second-order valence-electron chi connectivity index (χ2n) is 4.77. The fourth-order valence-corrected chi connectivity index (χ4v) is 2.84. The highest BCUT2D eigenvalue weighted by atomic mass is 32.1. The Hall–Kier alpha value is -2.80. The molecule has 2 aromatic heterocycles. The Labute approximate surface area is 137 Å². The highest BCUT2D eigenvalue weighted by Gasteiger charge is 2.19. The Morgan fingerprint density at radius 3 is 3.00 bits per heavy atom. The molecule has 0 bridgehead atoms. The fourth-order valence-electron chi connectivity index (χ4n) is 2.10. The van der Waals surface area contributed by atoms with Crippen LogP contribution in [-0.4, -0.2) is 17.4 Å². The molecule has 0 unspecified atom stereocenters. The first kappa shape index (κ1) is 15.1. The minimum absolute atomic E-state index is 0.273. The molecule has 0 spiro atoms. The molecule has 0 fully saturated rings. The van der Waals surface area contributed by atoms with Crippen molar-refractivity contribution in [3.05, 3.63) is 53.3 Å². The zero-order chi connectivity index (χ0) is 16.2. The lowest BCUT2D eigenvalue weighted by Gasteiger charge is -2.04. The van der Waals surface area contributed by atoms with E-state index >= 15 is 0 Å². The first-order valence-electron chi connectivity index (χ1n) is 6.89. The van der Waals surface area contributed by atoms with Gasteiger partial charge in [-0.3, -0.25) is 4.79 Å². The van der Waals surface area contributed by atoms with Gasteiger partial charge < -0.3 is 20.2 Å². The number of hydrogen-bond acceptors (Lipinski definition) is 6. The summed E-state index contributed by atoms with van der Waals surface area (Å²) in [7, 11) is 1.59. The van der Waals surface area contributed by atoms with Gasteiger partial charge in [-0.2, -0.15) is 4.37 Å². The van der Waals surface area contributed by atoms with Gasteiger partial charge in [0.2, 0.25) is 0 Å². The van der Waals surface area contributed by atoms with Gasteiger partial charge in [0.25, 0.3) is 5.91 Å². The van der Waals surface area contributed by atoms with E-state index in [-0.39, 0.29) is 5.91 Å². The molecule has 6 nitrogen and oxygen atoms in total. The molecule has 0 aliphatic heterocycles. The van der Waals surface area contributed by atoms with Crippen molar-refractivity contribution in [1.29, 1.82) is 0 Å². The van der Waals surface area contributed by atoms with Crippen LogP contribution in [0.15, 0.2) is 47.1 Å². The number of nitrogen functional groups attached to an aromatic ring is 1. The Bertz CT molecular complexity index is 812. The number of methoxy groups -OCH3 is 1. The van der Waals surface area contributed by atoms with E-state index in [0.717, 1.165) is 17.1 Å². The molecule has 0 aliphatic rings. The van der Waals surface area contributed by atoms with E-state index in [2.05, 4.69) is 9.69 Å². The smallest absolute Gasteiger partial charge is 0.265 e. The quantitative estimate of drug-likeness (QED) is 0.751. The third-order valence-electron chi connectivity index (χ3n) is 3.28. The standard InChI is InChI=1S/C16H15N3O3S/c1-21-11-5-2-4-10(8-11)14-13(17)15(23-19-14)16(20)18-9-12-6-3-7-22-12/h2-8H,9,17H2,1H3,(H,18,20). The second kappa shape index (κ2) is 6.53. The molecule has 7 heteroatoms. The van der Waals surface area contributed by atoms with Crippen molar-refractivity contribution >= 4 is 23.1 Å². The van der Waals surface area contributed by atoms with Crippen molar-refractivity contribution in [3.63, 3.8) is 0 Å². The van der Waals surface area contributed by atoms with Crippen molar-refractivity contribution < 1.29 is 13.9 Å². The minimum atomic E-state index is -0.273. The molecule has 0 radical (unpaired) electrons. The number of anilines is 1. The van der Waals surface area contributed by atoms with Crippen LogP contribution in [0.1, 0.15) is 15.4 Å². The summed E-state index contributed by atoms with van der Waals surface area (Å²) in [5.41, 5.74) is 7.85. The van der Waals surface area contributed by atoms with Gasteiger partial charge in [-0.25, -0.2) is 0 Å². The van der Waals surface area contributed by atoms with E-state index in [1.807, 2.05) is 24.3 Å². The molecule has 0 aliphatic carbocycles. The number of nitrogens with two attached hydrogens (primary N) is 1. The van der Waals surface area contributed by atoms with Gasteiger partial charge in [-0.05, 0) is 35.8 Å². The summed E-state index contributed by atoms with van der Waals surface area (Å²) in [5.74, 6) is 1.11. The average molecular weight is 329 g/mol. The Kier molecular flexibility index (Phi) is 4.29. The molecule has 2 heterocycles. The van der Waals surface area contributed by atoms with E-state index in [1.54, 1.807) is 25.5 Å². The number of benzene rings is 1. The lowest BCUT2D eigenvalue weighted by molar-refractivity contribution is 0.0953. The molecule has 23 heavy (non-hydrogen) atoms. The number of nitrogens with zero attached hydrogens (tertiary/aromatic N) is 1. The Morgan fingerprint density at radius 2 is 2.26 bits per heavy atom. The molecule has 1 aromatic carbocycles. The number of carbonyl (C=O) groups is 1. The summed E-state index contributed by atoms with van der Waals surface area (Å²) >= 11 is 1.07. The lowest BCUT2D eigenvalue weighted by atomic mass is 10.1. The van der Waals surface area contributed by atoms with E-state index in [9.17, 15) is 4.79 Å². The maximum atomic E-state index is 12.2. The Morgan fingerprint density at radius 1 is 1.39 bits per heavy atom. The van der Waals surface area contributed by atoms with Crippen LogP contribution in [-0.2, 0) is 6.54 Å². The molecular formula is C16H15N3O3S. The third kappa shape index (κ3) is 3.19. The van der Waals surface area contributed by atoms with Gasteiger partial charge in [-0.1, -0.05) is 12.1 Å². The normalized spacial score (nSPS) is 10.5. The average Bonchev–Trinajstić information content (AvgIpc) is 3.22. The maximum Gasteiger partial charge on any atom is 0.265 e. The molecule has 3 aromatic rings. The highest BCUT2D eigenvalue weighted by Crippen LogP contribution is 2.32. The SMILES string of the molecule is COc1cccc(-c2nsc(C(=O)NCc3ccco3)c2N)c1. The van der Waals surface area contributed by atoms with Gasteiger partial charge in [0.15, 0.2) is 0 Å². The monoisotopic (exact) mass is 329 g/mol. The van der Waals surface area contributed by atoms with E-state index < -0.39 is 0 Å². The summed E-state index contributed by atoms with van der Waals surface area (Å²) in [6, 6.07) is 10.9. The van der Waals surface area contributed by atoms with Crippen LogP contribution >= 0.6 is 11.5 Å². The highest BCUT2D eigenvalue weighted by molar-refractivity contribution is 7.09. The Balaban J connectivity index is 1.79. The van der Waals surface area contributed by atoms with Crippen molar-refractivity contribution in [2.24, 2.45) is 0 Å². The molecule has 0 atom stereocenters. The number of hydrogen-bond donors (Lipinski definition) is 2. The summed E-state index contributed by atoms with van der Waals surface area (Å²) in [6.45, 7) is 0.303. The van der Waals surface area contributed by atoms with E-state index in [1.165, 1.54) is 0 Å². The summed E-state index contributed by atoms with van der Waals surface area (Å²) in [5, 5.41) is 2.76. The predicted molar refractivity (Wildman–Crippen MR) is 88.4 cm³/mol. The van der Waals surface area contributed by atoms with Crippen LogP contribution in [0.2, 0.25) is 0 Å². The van der Waals surface area contributed by atoms with Crippen molar-refractivity contribution in [2.75, 3.05) is 12.8 Å². The first-order valence-corrected chi connectivity index (χ1v) is 7.66. The number of aromatic nitrogens is 1. The maximum absolute atomic E-state index is 12.2. The van der Waals surface area contributed by atoms with Gasteiger partial charge in [0.1, 0.15) is 22.1 Å². The van der Waals surface area contributed by atoms with Gasteiger partial charge in [-0.15, -0.1) is 0 Å². The van der Waals surface area contributed by atoms with Crippen LogP contribution in [0.4, 0.5) is 5.69 Å². The van der Waals surface area contributed by atoms with Gasteiger partial charge >= 0.3 is 0 Å². The summed E-state index contributed by atoms with van der Waals surface area (Å²) in [4.78, 5) is 12.6. The molecular weight excluding hydrogens is 314 g/mol. The largest absolute Gasteiger partial charge is 0.497 e. The number of amides is 1. The number of ether oxygens (including phenoxy) is 1. The second-order valence-corrected chi connectivity index (χ2v) is 5.54. The summed E-state index contributed by atoms with van der Waals surface area (Å²) < 4.78 is 14.7. The number of rotatable bonds is 5. The molecule has 0 saturated heterocycles. The number of furan rings is 1. The fraction of sp³-hybridized carbons (Fsp3) is 0.125. The van der Waals surface area contributed by atoms with Gasteiger partial charge in [0, 0.05) is 5.56 Å². The predicted octanol–water partition coefficient (Wildman–Crippen LogP) is 2.92. The zero-order valence-corrected chi connectivity index (χ0v) is 13.2. The van der Waals surface area contributed by atoms with E-state index in [0.29, 0.717) is 34.3 Å². The third-order valence-corrected chi connectivity index (χ3v) is 4.14. The minimum Gasteiger partial charge on any atom is -0.497 e. The van der Waals surface area contributed by atoms with Crippen molar-refractivity contribution in [2.45, 2.75) is 6.54 Å². The van der Waals surface area contributed by atoms with Crippen LogP contribution in [0.5, 0.6) is 5.75 Å². The van der Waals surface area contributed by atoms with Crippen LogP contribution in [0, 0.1) is 0 Å². The van der Waals surface area contributed by atoms with Crippen molar-refractivity contribution in [1.82, 2.24) is 9.69 Å². The van der Waals surface area contributed by atoms with Crippen molar-refractivity contribution in [3.8, 4) is 17.0 Å². The molecule has 3 N–H and O–H groups in total. The molecule has 0 saturated carbocycles. The summed E-state index contributed by atoms with van der Waals surface area (Å²) in [6.07, 6.45) is 1.56. The number of carbonyl (C=O) groups excluding carboxylic acids is 1. The molecule has 1 amide bonds. The van der Waals surface area contributed by atoms with E-state index in [4.69, 9.17) is 14.9 Å².